The summed E-state index contributed by atoms with van der Waals surface area (Å²) in [6, 6.07) is 7.78. The molecule has 0 radical (unpaired) electrons. The fourth-order valence-electron chi connectivity index (χ4n) is 2.00. The van der Waals surface area contributed by atoms with Crippen molar-refractivity contribution in [1.29, 1.82) is 0 Å². The quantitative estimate of drug-likeness (QED) is 0.803. The molecule has 0 aliphatic heterocycles. The summed E-state index contributed by atoms with van der Waals surface area (Å²) in [5.41, 5.74) is 1.05. The maximum absolute atomic E-state index is 12.1. The number of halogens is 1. The van der Waals surface area contributed by atoms with E-state index in [1.807, 2.05) is 24.3 Å². The molecule has 1 unspecified atom stereocenters. The standard InChI is InChI=1S/C16H24BrNO2/c1-16(2,3)14(9-10-17)18-15(19)11-12-5-7-13(20-4)8-6-12/h5-8,14H,9-11H2,1-4H3,(H,18,19). The molecule has 0 saturated carbocycles. The van der Waals surface area contributed by atoms with Gasteiger partial charge in [-0.25, -0.2) is 0 Å². The number of alkyl halides is 1. The maximum atomic E-state index is 12.1. The van der Waals surface area contributed by atoms with Crippen molar-refractivity contribution in [3.8, 4) is 5.75 Å². The topological polar surface area (TPSA) is 38.3 Å². The Morgan fingerprint density at radius 3 is 2.35 bits per heavy atom. The Hall–Kier alpha value is -1.03. The molecule has 20 heavy (non-hydrogen) atoms. The summed E-state index contributed by atoms with van der Waals surface area (Å²) in [5, 5.41) is 4.02. The van der Waals surface area contributed by atoms with Gasteiger partial charge in [0.2, 0.25) is 5.91 Å². The Morgan fingerprint density at radius 1 is 1.30 bits per heavy atom. The van der Waals surface area contributed by atoms with Crippen molar-refractivity contribution in [1.82, 2.24) is 5.32 Å². The number of amides is 1. The third-order valence-corrected chi connectivity index (χ3v) is 3.76. The number of nitrogens with one attached hydrogen (secondary N) is 1. The van der Waals surface area contributed by atoms with Gasteiger partial charge in [-0.1, -0.05) is 48.8 Å². The third kappa shape index (κ3) is 5.53. The molecule has 0 aliphatic rings. The van der Waals surface area contributed by atoms with Gasteiger partial charge in [0.1, 0.15) is 5.75 Å². The molecule has 1 rings (SSSR count). The Morgan fingerprint density at radius 2 is 1.90 bits per heavy atom. The third-order valence-electron chi connectivity index (χ3n) is 3.30. The molecule has 3 nitrogen and oxygen atoms in total. The lowest BCUT2D eigenvalue weighted by Crippen LogP contribution is -2.44. The number of hydrogen-bond donors (Lipinski definition) is 1. The van der Waals surface area contributed by atoms with Crippen LogP contribution >= 0.6 is 15.9 Å². The van der Waals surface area contributed by atoms with Crippen LogP contribution in [0.2, 0.25) is 0 Å². The number of carbonyl (C=O) groups excluding carboxylic acids is 1. The van der Waals surface area contributed by atoms with Crippen molar-refractivity contribution in [3.63, 3.8) is 0 Å². The minimum Gasteiger partial charge on any atom is -0.497 e. The molecule has 0 spiro atoms. The Bertz CT molecular complexity index is 423. The highest BCUT2D eigenvalue weighted by Gasteiger charge is 2.25. The van der Waals surface area contributed by atoms with E-state index in [1.54, 1.807) is 7.11 Å². The number of ether oxygens (including phenoxy) is 1. The van der Waals surface area contributed by atoms with Crippen molar-refractivity contribution in [3.05, 3.63) is 29.8 Å². The summed E-state index contributed by atoms with van der Waals surface area (Å²) in [6.45, 7) is 6.44. The molecule has 112 valence electrons. The molecule has 1 atom stereocenters. The lowest BCUT2D eigenvalue weighted by Gasteiger charge is -2.31. The molecule has 0 aliphatic carbocycles. The predicted molar refractivity (Wildman–Crippen MR) is 86.5 cm³/mol. The van der Waals surface area contributed by atoms with Crippen LogP contribution in [0.3, 0.4) is 0 Å². The van der Waals surface area contributed by atoms with Gasteiger partial charge in [0.05, 0.1) is 13.5 Å². The average molecular weight is 342 g/mol. The van der Waals surface area contributed by atoms with Crippen LogP contribution in [0.25, 0.3) is 0 Å². The molecule has 1 N–H and O–H groups in total. The minimum absolute atomic E-state index is 0.0589. The van der Waals surface area contributed by atoms with Crippen LogP contribution in [0, 0.1) is 5.41 Å². The van der Waals surface area contributed by atoms with Crippen LogP contribution < -0.4 is 10.1 Å². The number of carbonyl (C=O) groups is 1. The summed E-state index contributed by atoms with van der Waals surface area (Å²) in [4.78, 5) is 12.1. The largest absolute Gasteiger partial charge is 0.497 e. The van der Waals surface area contributed by atoms with Gasteiger partial charge in [-0.3, -0.25) is 4.79 Å². The first-order valence-electron chi connectivity index (χ1n) is 6.85. The predicted octanol–water partition coefficient (Wildman–Crippen LogP) is 3.55. The van der Waals surface area contributed by atoms with E-state index in [9.17, 15) is 4.79 Å². The molecule has 4 heteroatoms. The molecule has 0 bridgehead atoms. The zero-order valence-electron chi connectivity index (χ0n) is 12.7. The Labute approximate surface area is 130 Å². The van der Waals surface area contributed by atoms with Crippen molar-refractivity contribution in [2.75, 3.05) is 12.4 Å². The molecule has 1 aromatic carbocycles. The maximum Gasteiger partial charge on any atom is 0.224 e. The van der Waals surface area contributed by atoms with Crippen molar-refractivity contribution >= 4 is 21.8 Å². The van der Waals surface area contributed by atoms with Crippen molar-refractivity contribution in [2.45, 2.75) is 39.7 Å². The van der Waals surface area contributed by atoms with Gasteiger partial charge < -0.3 is 10.1 Å². The summed E-state index contributed by atoms with van der Waals surface area (Å²) >= 11 is 3.45. The lowest BCUT2D eigenvalue weighted by molar-refractivity contribution is -0.121. The van der Waals surface area contributed by atoms with E-state index in [0.29, 0.717) is 6.42 Å². The van der Waals surface area contributed by atoms with Gasteiger partial charge in [-0.15, -0.1) is 0 Å². The van der Waals surface area contributed by atoms with E-state index in [-0.39, 0.29) is 17.4 Å². The number of methoxy groups -OCH3 is 1. The van der Waals surface area contributed by atoms with Crippen LogP contribution in [0.4, 0.5) is 0 Å². The zero-order chi connectivity index (χ0) is 15.2. The first kappa shape index (κ1) is 17.0. The van der Waals surface area contributed by atoms with E-state index < -0.39 is 0 Å². The monoisotopic (exact) mass is 341 g/mol. The van der Waals surface area contributed by atoms with Gasteiger partial charge in [-0.05, 0) is 29.5 Å². The van der Waals surface area contributed by atoms with Gasteiger partial charge in [0, 0.05) is 11.4 Å². The SMILES string of the molecule is COc1ccc(CC(=O)NC(CCBr)C(C)(C)C)cc1. The molecule has 1 amide bonds. The first-order valence-corrected chi connectivity index (χ1v) is 7.97. The second kappa shape index (κ2) is 7.67. The van der Waals surface area contributed by atoms with Crippen LogP contribution in [0.5, 0.6) is 5.75 Å². The van der Waals surface area contributed by atoms with E-state index in [4.69, 9.17) is 4.74 Å². The summed E-state index contributed by atoms with van der Waals surface area (Å²) in [7, 11) is 1.63. The summed E-state index contributed by atoms with van der Waals surface area (Å²) < 4.78 is 5.11. The highest BCUT2D eigenvalue weighted by atomic mass is 79.9. The normalized spacial score (nSPS) is 12.8. The van der Waals surface area contributed by atoms with Gasteiger partial charge in [-0.2, -0.15) is 0 Å². The van der Waals surface area contributed by atoms with Crippen LogP contribution in [0.1, 0.15) is 32.8 Å². The lowest BCUT2D eigenvalue weighted by atomic mass is 9.85. The van der Waals surface area contributed by atoms with E-state index in [0.717, 1.165) is 23.1 Å². The highest BCUT2D eigenvalue weighted by Crippen LogP contribution is 2.22. The molecule has 0 saturated heterocycles. The van der Waals surface area contributed by atoms with Crippen LogP contribution in [0.15, 0.2) is 24.3 Å². The molecular formula is C16H24BrNO2. The van der Waals surface area contributed by atoms with E-state index in [1.165, 1.54) is 0 Å². The number of benzene rings is 1. The second-order valence-corrected chi connectivity index (χ2v) is 6.78. The van der Waals surface area contributed by atoms with Gasteiger partial charge >= 0.3 is 0 Å². The van der Waals surface area contributed by atoms with Gasteiger partial charge in [0.15, 0.2) is 0 Å². The highest BCUT2D eigenvalue weighted by molar-refractivity contribution is 9.09. The second-order valence-electron chi connectivity index (χ2n) is 5.99. The first-order chi connectivity index (χ1) is 9.36. The minimum atomic E-state index is 0.0589. The fourth-order valence-corrected chi connectivity index (χ4v) is 2.46. The van der Waals surface area contributed by atoms with Gasteiger partial charge in [0.25, 0.3) is 0 Å². The smallest absolute Gasteiger partial charge is 0.224 e. The fraction of sp³-hybridized carbons (Fsp3) is 0.562. The Kier molecular flexibility index (Phi) is 6.53. The van der Waals surface area contributed by atoms with Crippen molar-refractivity contribution < 1.29 is 9.53 Å². The molecular weight excluding hydrogens is 318 g/mol. The number of rotatable bonds is 6. The van der Waals surface area contributed by atoms with Crippen LogP contribution in [-0.4, -0.2) is 24.4 Å². The van der Waals surface area contributed by atoms with E-state index in [2.05, 4.69) is 42.0 Å². The molecule has 0 aromatic heterocycles. The summed E-state index contributed by atoms with van der Waals surface area (Å²) in [5.74, 6) is 0.872. The van der Waals surface area contributed by atoms with Crippen molar-refractivity contribution in [2.24, 2.45) is 5.41 Å². The average Bonchev–Trinajstić information content (AvgIpc) is 2.38. The molecule has 0 heterocycles. The van der Waals surface area contributed by atoms with Crippen LogP contribution in [-0.2, 0) is 11.2 Å². The summed E-state index contributed by atoms with van der Waals surface area (Å²) in [6.07, 6.45) is 1.33. The van der Waals surface area contributed by atoms with E-state index >= 15 is 0 Å². The molecule has 1 aromatic rings. The number of hydrogen-bond acceptors (Lipinski definition) is 2. The zero-order valence-corrected chi connectivity index (χ0v) is 14.3. The Balaban J connectivity index is 2.60. The molecule has 0 fully saturated rings.